The Bertz CT molecular complexity index is 513. The molecule has 2 N–H and O–H groups in total. The van der Waals surface area contributed by atoms with Crippen LogP contribution in [0.5, 0.6) is 0 Å². The van der Waals surface area contributed by atoms with Gasteiger partial charge in [-0.1, -0.05) is 25.1 Å². The molecule has 3 nitrogen and oxygen atoms in total. The fourth-order valence-electron chi connectivity index (χ4n) is 2.64. The van der Waals surface area contributed by atoms with E-state index in [1.54, 1.807) is 0 Å². The largest absolute Gasteiger partial charge is 0.328 e. The lowest BCUT2D eigenvalue weighted by Crippen LogP contribution is -2.19. The van der Waals surface area contributed by atoms with Crippen LogP contribution in [0.2, 0.25) is 0 Å². The Hall–Kier alpha value is -1.35. The van der Waals surface area contributed by atoms with Crippen molar-refractivity contribution in [1.82, 2.24) is 9.78 Å². The first-order chi connectivity index (χ1) is 8.61. The summed E-state index contributed by atoms with van der Waals surface area (Å²) in [5.41, 5.74) is 8.31. The van der Waals surface area contributed by atoms with Crippen LogP contribution in [-0.4, -0.2) is 15.8 Å². The molecule has 1 aromatic carbocycles. The Kier molecular flexibility index (Phi) is 4.02. The minimum Gasteiger partial charge on any atom is -0.328 e. The molecule has 3 heteroatoms. The Morgan fingerprint density at radius 2 is 2.00 bits per heavy atom. The SMILES string of the molecule is CCn1nc(CC(C)CC(C)N)c2ccccc21. The lowest BCUT2D eigenvalue weighted by Gasteiger charge is -2.12. The number of aromatic nitrogens is 2. The molecule has 2 atom stereocenters. The van der Waals surface area contributed by atoms with Gasteiger partial charge in [0.1, 0.15) is 0 Å². The molecule has 0 saturated carbocycles. The summed E-state index contributed by atoms with van der Waals surface area (Å²) in [6.07, 6.45) is 2.06. The zero-order chi connectivity index (χ0) is 13.1. The summed E-state index contributed by atoms with van der Waals surface area (Å²) in [5.74, 6) is 0.577. The standard InChI is InChI=1S/C15H23N3/c1-4-18-15-8-6-5-7-13(15)14(17-18)10-11(2)9-12(3)16/h5-8,11-12H,4,9-10,16H2,1-3H3. The Morgan fingerprint density at radius 1 is 1.28 bits per heavy atom. The second-order valence-electron chi connectivity index (χ2n) is 5.30. The molecular weight excluding hydrogens is 222 g/mol. The molecule has 0 aliphatic heterocycles. The number of nitrogens with two attached hydrogens (primary N) is 1. The molecule has 0 amide bonds. The first-order valence-electron chi connectivity index (χ1n) is 6.81. The number of rotatable bonds is 5. The molecule has 2 unspecified atom stereocenters. The number of para-hydroxylation sites is 1. The summed E-state index contributed by atoms with van der Waals surface area (Å²) in [6, 6.07) is 8.74. The van der Waals surface area contributed by atoms with E-state index in [-0.39, 0.29) is 6.04 Å². The molecule has 1 aromatic heterocycles. The van der Waals surface area contributed by atoms with E-state index in [4.69, 9.17) is 10.8 Å². The highest BCUT2D eigenvalue weighted by atomic mass is 15.3. The van der Waals surface area contributed by atoms with Gasteiger partial charge < -0.3 is 5.73 Å². The number of benzene rings is 1. The zero-order valence-electron chi connectivity index (χ0n) is 11.6. The van der Waals surface area contributed by atoms with Crippen molar-refractivity contribution in [2.24, 2.45) is 11.7 Å². The molecule has 0 spiro atoms. The highest BCUT2D eigenvalue weighted by molar-refractivity contribution is 5.81. The molecule has 18 heavy (non-hydrogen) atoms. The lowest BCUT2D eigenvalue weighted by molar-refractivity contribution is 0.473. The summed E-state index contributed by atoms with van der Waals surface area (Å²) < 4.78 is 2.09. The van der Waals surface area contributed by atoms with E-state index in [1.165, 1.54) is 16.6 Å². The summed E-state index contributed by atoms with van der Waals surface area (Å²) >= 11 is 0. The Labute approximate surface area is 109 Å². The maximum Gasteiger partial charge on any atom is 0.0706 e. The predicted octanol–water partition coefficient (Wildman–Crippen LogP) is 2.97. The van der Waals surface area contributed by atoms with Gasteiger partial charge >= 0.3 is 0 Å². The van der Waals surface area contributed by atoms with Crippen molar-refractivity contribution >= 4 is 10.9 Å². The van der Waals surface area contributed by atoms with Crippen molar-refractivity contribution in [3.63, 3.8) is 0 Å². The van der Waals surface area contributed by atoms with E-state index >= 15 is 0 Å². The third-order valence-corrected chi connectivity index (χ3v) is 3.35. The Balaban J connectivity index is 2.28. The maximum absolute atomic E-state index is 5.87. The van der Waals surface area contributed by atoms with Gasteiger partial charge in [-0.2, -0.15) is 5.10 Å². The highest BCUT2D eigenvalue weighted by Gasteiger charge is 2.13. The fraction of sp³-hybridized carbons (Fsp3) is 0.533. The quantitative estimate of drug-likeness (QED) is 0.880. The van der Waals surface area contributed by atoms with Gasteiger partial charge in [0.2, 0.25) is 0 Å². The molecule has 0 aliphatic rings. The van der Waals surface area contributed by atoms with Crippen LogP contribution < -0.4 is 5.73 Å². The zero-order valence-corrected chi connectivity index (χ0v) is 11.6. The van der Waals surface area contributed by atoms with Crippen LogP contribution in [0.15, 0.2) is 24.3 Å². The van der Waals surface area contributed by atoms with Crippen molar-refractivity contribution in [2.45, 2.75) is 46.2 Å². The van der Waals surface area contributed by atoms with E-state index in [2.05, 4.69) is 49.7 Å². The molecule has 2 aromatic rings. The van der Waals surface area contributed by atoms with E-state index in [1.807, 2.05) is 0 Å². The van der Waals surface area contributed by atoms with Crippen molar-refractivity contribution in [3.8, 4) is 0 Å². The molecule has 0 radical (unpaired) electrons. The Morgan fingerprint density at radius 3 is 2.67 bits per heavy atom. The smallest absolute Gasteiger partial charge is 0.0706 e. The second kappa shape index (κ2) is 5.53. The topological polar surface area (TPSA) is 43.8 Å². The predicted molar refractivity (Wildman–Crippen MR) is 76.5 cm³/mol. The van der Waals surface area contributed by atoms with E-state index in [0.29, 0.717) is 5.92 Å². The van der Waals surface area contributed by atoms with Crippen LogP contribution in [0.1, 0.15) is 32.9 Å². The van der Waals surface area contributed by atoms with Crippen LogP contribution in [-0.2, 0) is 13.0 Å². The third kappa shape index (κ3) is 2.72. The van der Waals surface area contributed by atoms with Crippen molar-refractivity contribution in [1.29, 1.82) is 0 Å². The van der Waals surface area contributed by atoms with Crippen LogP contribution >= 0.6 is 0 Å². The number of aryl methyl sites for hydroxylation is 1. The molecule has 2 rings (SSSR count). The molecular formula is C15H23N3. The van der Waals surface area contributed by atoms with Gasteiger partial charge in [0.15, 0.2) is 0 Å². The number of fused-ring (bicyclic) bond motifs is 1. The summed E-state index contributed by atoms with van der Waals surface area (Å²) in [4.78, 5) is 0. The monoisotopic (exact) mass is 245 g/mol. The van der Waals surface area contributed by atoms with E-state index in [0.717, 1.165) is 19.4 Å². The maximum atomic E-state index is 5.87. The first-order valence-corrected chi connectivity index (χ1v) is 6.81. The number of nitrogens with zero attached hydrogens (tertiary/aromatic N) is 2. The van der Waals surface area contributed by atoms with Crippen molar-refractivity contribution < 1.29 is 0 Å². The van der Waals surface area contributed by atoms with Gasteiger partial charge in [0.05, 0.1) is 11.2 Å². The van der Waals surface area contributed by atoms with Crippen molar-refractivity contribution in [2.75, 3.05) is 0 Å². The van der Waals surface area contributed by atoms with Gasteiger partial charge in [0, 0.05) is 18.0 Å². The average Bonchev–Trinajstić information content (AvgIpc) is 2.67. The van der Waals surface area contributed by atoms with E-state index in [9.17, 15) is 0 Å². The van der Waals surface area contributed by atoms with Gasteiger partial charge in [-0.25, -0.2) is 0 Å². The molecule has 0 aliphatic carbocycles. The van der Waals surface area contributed by atoms with Crippen LogP contribution in [0, 0.1) is 5.92 Å². The normalized spacial score (nSPS) is 14.9. The van der Waals surface area contributed by atoms with Gasteiger partial charge in [-0.15, -0.1) is 0 Å². The fourth-order valence-corrected chi connectivity index (χ4v) is 2.64. The molecule has 0 saturated heterocycles. The van der Waals surface area contributed by atoms with Crippen LogP contribution in [0.4, 0.5) is 0 Å². The molecule has 0 fully saturated rings. The summed E-state index contributed by atoms with van der Waals surface area (Å²) in [5, 5.41) is 6.02. The number of hydrogen-bond donors (Lipinski definition) is 1. The summed E-state index contributed by atoms with van der Waals surface area (Å²) in [6.45, 7) is 7.37. The molecule has 1 heterocycles. The average molecular weight is 245 g/mol. The van der Waals surface area contributed by atoms with Gasteiger partial charge in [-0.3, -0.25) is 4.68 Å². The molecule has 98 valence electrons. The lowest BCUT2D eigenvalue weighted by atomic mass is 9.97. The number of hydrogen-bond acceptors (Lipinski definition) is 2. The minimum absolute atomic E-state index is 0.263. The highest BCUT2D eigenvalue weighted by Crippen LogP contribution is 2.22. The van der Waals surface area contributed by atoms with Crippen LogP contribution in [0.3, 0.4) is 0 Å². The van der Waals surface area contributed by atoms with Crippen LogP contribution in [0.25, 0.3) is 10.9 Å². The van der Waals surface area contributed by atoms with Crippen molar-refractivity contribution in [3.05, 3.63) is 30.0 Å². The minimum atomic E-state index is 0.263. The van der Waals surface area contributed by atoms with E-state index < -0.39 is 0 Å². The summed E-state index contributed by atoms with van der Waals surface area (Å²) in [7, 11) is 0. The van der Waals surface area contributed by atoms with Gasteiger partial charge in [0.25, 0.3) is 0 Å². The third-order valence-electron chi connectivity index (χ3n) is 3.35. The van der Waals surface area contributed by atoms with Gasteiger partial charge in [-0.05, 0) is 38.7 Å². The second-order valence-corrected chi connectivity index (χ2v) is 5.30. The molecule has 0 bridgehead atoms. The first kappa shape index (κ1) is 13.1.